The molecule has 1 aromatic rings. The lowest BCUT2D eigenvalue weighted by Gasteiger charge is -2.71. The number of allylic oxidation sites excluding steroid dienone is 1. The first-order chi connectivity index (χ1) is 25.6. The van der Waals surface area contributed by atoms with Crippen LogP contribution in [0.2, 0.25) is 0 Å². The van der Waals surface area contributed by atoms with Crippen molar-refractivity contribution in [2.45, 2.75) is 157 Å². The number of carboxylic acids is 1. The molecule has 0 saturated heterocycles. The number of carbonyl (C=O) groups excluding carboxylic acids is 3. The number of rotatable bonds is 9. The Balaban J connectivity index is 1.11. The number of aliphatic carboxylic acids is 1. The van der Waals surface area contributed by atoms with E-state index < -0.39 is 28.4 Å². The Hall–Kier alpha value is -3.07. The molecule has 0 aromatic carbocycles. The molecule has 0 aliphatic heterocycles. The molecule has 2 unspecified atom stereocenters. The second-order valence-electron chi connectivity index (χ2n) is 21.0. The van der Waals surface area contributed by atoms with Gasteiger partial charge in [-0.3, -0.25) is 29.5 Å². The van der Waals surface area contributed by atoms with Gasteiger partial charge in [-0.25, -0.2) is 0 Å². The lowest BCUT2D eigenvalue weighted by Crippen LogP contribution is -2.67. The molecule has 3 N–H and O–H groups in total. The van der Waals surface area contributed by atoms with Gasteiger partial charge in [-0.1, -0.05) is 61.5 Å². The van der Waals surface area contributed by atoms with Crippen molar-refractivity contribution in [1.82, 2.24) is 15.6 Å². The summed E-state index contributed by atoms with van der Waals surface area (Å²) >= 11 is 0. The average molecular weight is 758 g/mol. The predicted molar refractivity (Wildman–Crippen MR) is 211 cm³/mol. The van der Waals surface area contributed by atoms with Crippen LogP contribution in [0.25, 0.3) is 0 Å². The minimum atomic E-state index is -0.864. The number of amides is 1. The molecule has 302 valence electrons. The number of esters is 1. The largest absolute Gasteiger partial charge is 0.481 e. The molecule has 6 aliphatic rings. The highest BCUT2D eigenvalue weighted by molar-refractivity contribution is 6.02. The van der Waals surface area contributed by atoms with Crippen LogP contribution in [-0.4, -0.2) is 50.9 Å². The highest BCUT2D eigenvalue weighted by atomic mass is 16.5. The summed E-state index contributed by atoms with van der Waals surface area (Å²) in [6.45, 7) is 22.3. The van der Waals surface area contributed by atoms with E-state index in [-0.39, 0.29) is 63.7 Å². The van der Waals surface area contributed by atoms with Gasteiger partial charge in [0, 0.05) is 19.2 Å². The fourth-order valence-corrected chi connectivity index (χ4v) is 13.8. The van der Waals surface area contributed by atoms with E-state index >= 15 is 0 Å². The molecule has 0 spiro atoms. The molecule has 1 heterocycles. The normalized spacial score (nSPS) is 40.6. The zero-order chi connectivity index (χ0) is 40.1. The molecule has 9 heteroatoms. The number of nitrogens with zero attached hydrogens (tertiary/aromatic N) is 1. The van der Waals surface area contributed by atoms with Crippen LogP contribution in [0, 0.1) is 63.1 Å². The van der Waals surface area contributed by atoms with Crippen LogP contribution in [0.5, 0.6) is 0 Å². The van der Waals surface area contributed by atoms with E-state index in [9.17, 15) is 24.3 Å². The molecule has 7 rings (SSSR count). The smallest absolute Gasteiger partial charge is 0.309 e. The number of carbonyl (C=O) groups is 4. The van der Waals surface area contributed by atoms with Crippen molar-refractivity contribution in [3.8, 4) is 0 Å². The Kier molecular flexibility index (Phi) is 9.86. The molecular weight excluding hydrogens is 691 g/mol. The van der Waals surface area contributed by atoms with Crippen LogP contribution in [0.3, 0.4) is 0 Å². The van der Waals surface area contributed by atoms with Crippen molar-refractivity contribution in [2.24, 2.45) is 63.1 Å². The molecule has 0 bridgehead atoms. The number of pyridine rings is 1. The standard InChI is InChI=1S/C46H67N3O6/c1-26(2)36-33(50)24-46(49-40(54)42(6,7)48-25-28-13-11-12-22-47-28)21-20-44(9)30(37(36)46)14-15-35-43(8)18-17-34(27(3)29(43)16-19-45(35,44)10)55-39(53)32-23-31(38(51)52)41(32,4)5/h11-13,22,26-27,29-32,34-35,48H,14-21,23-25H2,1-10H3,(H,49,54)(H,51,52)/t27-,29?,30-,31+,32-,34+,35?,43+,44-,45-,46-/m1/s1. The van der Waals surface area contributed by atoms with Gasteiger partial charge in [0.1, 0.15) is 6.10 Å². The number of ether oxygens (including phenoxy) is 1. The maximum Gasteiger partial charge on any atom is 0.309 e. The van der Waals surface area contributed by atoms with Gasteiger partial charge in [0.25, 0.3) is 0 Å². The number of nitrogens with one attached hydrogen (secondary N) is 2. The minimum Gasteiger partial charge on any atom is -0.481 e. The molecule has 1 amide bonds. The monoisotopic (exact) mass is 758 g/mol. The third-order valence-electron chi connectivity index (χ3n) is 17.4. The number of hydrogen-bond acceptors (Lipinski definition) is 7. The van der Waals surface area contributed by atoms with E-state index in [0.29, 0.717) is 31.2 Å². The zero-order valence-electron chi connectivity index (χ0n) is 35.1. The summed E-state index contributed by atoms with van der Waals surface area (Å²) in [5, 5.41) is 16.6. The Morgan fingerprint density at radius 1 is 0.964 bits per heavy atom. The number of ketones is 1. The van der Waals surface area contributed by atoms with E-state index in [1.807, 2.05) is 45.9 Å². The third kappa shape index (κ3) is 6.05. The topological polar surface area (TPSA) is 135 Å². The van der Waals surface area contributed by atoms with Gasteiger partial charge in [0.15, 0.2) is 5.78 Å². The predicted octanol–water partition coefficient (Wildman–Crippen LogP) is 8.07. The summed E-state index contributed by atoms with van der Waals surface area (Å²) in [5.74, 6) is -0.364. The Morgan fingerprint density at radius 2 is 1.69 bits per heavy atom. The second-order valence-corrected chi connectivity index (χ2v) is 21.0. The number of Topliss-reactive ketones (excluding diaryl/α,β-unsaturated/α-hetero) is 1. The molecule has 55 heavy (non-hydrogen) atoms. The maximum atomic E-state index is 14.3. The van der Waals surface area contributed by atoms with Crippen molar-refractivity contribution in [3.63, 3.8) is 0 Å². The van der Waals surface area contributed by atoms with Crippen LogP contribution in [0.15, 0.2) is 35.5 Å². The van der Waals surface area contributed by atoms with Gasteiger partial charge in [0.2, 0.25) is 5.91 Å². The summed E-state index contributed by atoms with van der Waals surface area (Å²) < 4.78 is 6.32. The summed E-state index contributed by atoms with van der Waals surface area (Å²) in [6.07, 6.45) is 10.1. The molecule has 6 aliphatic carbocycles. The quantitative estimate of drug-likeness (QED) is 0.216. The second kappa shape index (κ2) is 13.5. The molecule has 5 saturated carbocycles. The highest BCUT2D eigenvalue weighted by Gasteiger charge is 2.69. The molecule has 0 radical (unpaired) electrons. The van der Waals surface area contributed by atoms with E-state index in [2.05, 4.69) is 57.2 Å². The summed E-state index contributed by atoms with van der Waals surface area (Å²) in [7, 11) is 0. The lowest BCUT2D eigenvalue weighted by molar-refractivity contribution is -0.217. The molecule has 9 nitrogen and oxygen atoms in total. The van der Waals surface area contributed by atoms with E-state index in [1.165, 1.54) is 5.57 Å². The summed E-state index contributed by atoms with van der Waals surface area (Å²) in [4.78, 5) is 58.0. The lowest BCUT2D eigenvalue weighted by atomic mass is 9.34. The van der Waals surface area contributed by atoms with Gasteiger partial charge in [-0.05, 0) is 146 Å². The minimum absolute atomic E-state index is 0.0337. The highest BCUT2D eigenvalue weighted by Crippen LogP contribution is 2.75. The van der Waals surface area contributed by atoms with Crippen LogP contribution in [0.4, 0.5) is 0 Å². The third-order valence-corrected chi connectivity index (χ3v) is 17.4. The van der Waals surface area contributed by atoms with Gasteiger partial charge in [-0.2, -0.15) is 0 Å². The van der Waals surface area contributed by atoms with Gasteiger partial charge in [0.05, 0.1) is 28.6 Å². The Morgan fingerprint density at radius 3 is 2.33 bits per heavy atom. The first-order valence-corrected chi connectivity index (χ1v) is 21.3. The number of carboxylic acid groups (broad SMARTS) is 1. The Bertz CT molecular complexity index is 1770. The van der Waals surface area contributed by atoms with Crippen molar-refractivity contribution in [3.05, 3.63) is 41.2 Å². The molecular formula is C46H67N3O6. The van der Waals surface area contributed by atoms with E-state index in [4.69, 9.17) is 4.74 Å². The van der Waals surface area contributed by atoms with E-state index in [1.54, 1.807) is 6.20 Å². The number of hydrogen-bond donors (Lipinski definition) is 3. The van der Waals surface area contributed by atoms with E-state index in [0.717, 1.165) is 62.6 Å². The van der Waals surface area contributed by atoms with Crippen molar-refractivity contribution >= 4 is 23.6 Å². The average Bonchev–Trinajstić information content (AvgIpc) is 3.40. The SMILES string of the molecule is CC(C)C1=C2[C@H]3CCC4[C@@]5(C)CC[C@H](OC(=O)[C@H]6C[C@@H](C(=O)O)C6(C)C)[C@H](C)C5CC[C@@]4(C)[C@]3(C)CC[C@@]2(NC(=O)C(C)(C)NCc2ccccn2)CC1=O. The fraction of sp³-hybridized carbons (Fsp3) is 0.761. The van der Waals surface area contributed by atoms with Crippen molar-refractivity contribution < 1.29 is 29.0 Å². The molecule has 1 aromatic heterocycles. The summed E-state index contributed by atoms with van der Waals surface area (Å²) in [6, 6.07) is 5.79. The number of fused-ring (bicyclic) bond motifs is 7. The van der Waals surface area contributed by atoms with Crippen LogP contribution < -0.4 is 10.6 Å². The van der Waals surface area contributed by atoms with Gasteiger partial charge >= 0.3 is 11.9 Å². The van der Waals surface area contributed by atoms with Crippen LogP contribution in [0.1, 0.15) is 139 Å². The fourth-order valence-electron chi connectivity index (χ4n) is 13.8. The number of aromatic nitrogens is 1. The van der Waals surface area contributed by atoms with Crippen molar-refractivity contribution in [1.29, 1.82) is 0 Å². The van der Waals surface area contributed by atoms with Crippen LogP contribution in [-0.2, 0) is 30.5 Å². The van der Waals surface area contributed by atoms with Crippen molar-refractivity contribution in [2.75, 3.05) is 0 Å². The summed E-state index contributed by atoms with van der Waals surface area (Å²) in [5.41, 5.74) is 1.05. The zero-order valence-corrected chi connectivity index (χ0v) is 35.1. The Labute approximate surface area is 329 Å². The first kappa shape index (κ1) is 40.1. The van der Waals surface area contributed by atoms with Gasteiger partial charge < -0.3 is 15.2 Å². The first-order valence-electron chi connectivity index (χ1n) is 21.3. The van der Waals surface area contributed by atoms with Crippen LogP contribution >= 0.6 is 0 Å². The molecule has 5 fully saturated rings. The molecule has 11 atom stereocenters. The maximum absolute atomic E-state index is 14.3. The van der Waals surface area contributed by atoms with Gasteiger partial charge in [-0.15, -0.1) is 0 Å².